The van der Waals surface area contributed by atoms with Crippen molar-refractivity contribution in [3.8, 4) is 6.07 Å². The molecular formula is C16H21NO6. The molecule has 0 aliphatic heterocycles. The van der Waals surface area contributed by atoms with Gasteiger partial charge in [0, 0.05) is 18.8 Å². The molecule has 1 aliphatic rings. The predicted molar refractivity (Wildman–Crippen MR) is 77.8 cm³/mol. The molecule has 1 saturated carbocycles. The second kappa shape index (κ2) is 6.90. The molecular weight excluding hydrogens is 302 g/mol. The molecule has 126 valence electrons. The average Bonchev–Trinajstić information content (AvgIpc) is 2.70. The number of ketones is 2. The van der Waals surface area contributed by atoms with E-state index in [0.29, 0.717) is 0 Å². The minimum absolute atomic E-state index is 0.00420. The van der Waals surface area contributed by atoms with Gasteiger partial charge in [0.1, 0.15) is 11.2 Å². The molecule has 2 atom stereocenters. The molecule has 7 nitrogen and oxygen atoms in total. The SMILES string of the molecule is CCOC(=O)C1(C(=O)OCC)CC(=O)[C@@](C)(C#N)[C@H]1CC(C)=O. The van der Waals surface area contributed by atoms with E-state index in [-0.39, 0.29) is 25.4 Å². The van der Waals surface area contributed by atoms with E-state index in [4.69, 9.17) is 9.47 Å². The third kappa shape index (κ3) is 2.98. The van der Waals surface area contributed by atoms with E-state index in [1.165, 1.54) is 13.8 Å². The van der Waals surface area contributed by atoms with Gasteiger partial charge in [-0.2, -0.15) is 5.26 Å². The van der Waals surface area contributed by atoms with Crippen molar-refractivity contribution in [2.24, 2.45) is 16.7 Å². The summed E-state index contributed by atoms with van der Waals surface area (Å²) in [6, 6.07) is 1.88. The molecule has 0 aromatic rings. The molecule has 0 N–H and O–H groups in total. The quantitative estimate of drug-likeness (QED) is 0.533. The van der Waals surface area contributed by atoms with Gasteiger partial charge in [0.25, 0.3) is 0 Å². The summed E-state index contributed by atoms with van der Waals surface area (Å²) in [7, 11) is 0. The Morgan fingerprint density at radius 2 is 1.70 bits per heavy atom. The van der Waals surface area contributed by atoms with Gasteiger partial charge < -0.3 is 14.3 Å². The number of rotatable bonds is 6. The Labute approximate surface area is 134 Å². The second-order valence-corrected chi connectivity index (χ2v) is 5.79. The van der Waals surface area contributed by atoms with E-state index < -0.39 is 40.9 Å². The van der Waals surface area contributed by atoms with Gasteiger partial charge in [-0.05, 0) is 27.7 Å². The first-order chi connectivity index (χ1) is 10.7. The molecule has 0 aromatic heterocycles. The zero-order valence-corrected chi connectivity index (χ0v) is 13.8. The lowest BCUT2D eigenvalue weighted by molar-refractivity contribution is -0.176. The molecule has 0 unspecified atom stereocenters. The maximum Gasteiger partial charge on any atom is 0.324 e. The van der Waals surface area contributed by atoms with Crippen LogP contribution in [0, 0.1) is 28.1 Å². The number of Topliss-reactive ketones (excluding diaryl/α,β-unsaturated/α-hetero) is 2. The fraction of sp³-hybridized carbons (Fsp3) is 0.688. The van der Waals surface area contributed by atoms with Crippen LogP contribution in [-0.2, 0) is 28.7 Å². The molecule has 0 spiro atoms. The van der Waals surface area contributed by atoms with Crippen LogP contribution in [0.5, 0.6) is 0 Å². The van der Waals surface area contributed by atoms with Crippen molar-refractivity contribution in [2.75, 3.05) is 13.2 Å². The van der Waals surface area contributed by atoms with Gasteiger partial charge in [-0.3, -0.25) is 14.4 Å². The van der Waals surface area contributed by atoms with Crippen molar-refractivity contribution in [3.05, 3.63) is 0 Å². The first-order valence-corrected chi connectivity index (χ1v) is 7.49. The lowest BCUT2D eigenvalue weighted by Gasteiger charge is -2.33. The van der Waals surface area contributed by atoms with Gasteiger partial charge in [0.2, 0.25) is 0 Å². The number of carbonyl (C=O) groups excluding carboxylic acids is 4. The van der Waals surface area contributed by atoms with E-state index in [0.717, 1.165) is 0 Å². The van der Waals surface area contributed by atoms with Gasteiger partial charge in [-0.15, -0.1) is 0 Å². The van der Waals surface area contributed by atoms with Crippen LogP contribution in [0.1, 0.15) is 40.5 Å². The standard InChI is InChI=1S/C16H21NO6/c1-5-22-13(20)16(14(21)23-6-2)8-12(19)15(4,9-17)11(16)7-10(3)18/h11H,5-8H2,1-4H3/t11-,15+/m1/s1. The Morgan fingerprint density at radius 1 is 1.22 bits per heavy atom. The normalized spacial score (nSPS) is 25.5. The molecule has 1 fully saturated rings. The van der Waals surface area contributed by atoms with Crippen molar-refractivity contribution in [2.45, 2.75) is 40.5 Å². The zero-order chi connectivity index (χ0) is 17.8. The van der Waals surface area contributed by atoms with Gasteiger partial charge in [-0.1, -0.05) is 0 Å². The highest BCUT2D eigenvalue weighted by molar-refractivity contribution is 6.10. The monoisotopic (exact) mass is 323 g/mol. The number of ether oxygens (including phenoxy) is 2. The highest BCUT2D eigenvalue weighted by Gasteiger charge is 2.69. The van der Waals surface area contributed by atoms with Crippen LogP contribution < -0.4 is 0 Å². The highest BCUT2D eigenvalue weighted by Crippen LogP contribution is 2.55. The summed E-state index contributed by atoms with van der Waals surface area (Å²) in [5.74, 6) is -3.84. The maximum absolute atomic E-state index is 12.5. The van der Waals surface area contributed by atoms with Crippen LogP contribution in [0.4, 0.5) is 0 Å². The van der Waals surface area contributed by atoms with Gasteiger partial charge in [0.05, 0.1) is 19.3 Å². The predicted octanol–water partition coefficient (Wildman–Crippen LogP) is 1.20. The number of hydrogen-bond donors (Lipinski definition) is 0. The Balaban J connectivity index is 3.54. The third-order valence-electron chi connectivity index (χ3n) is 4.31. The molecule has 0 saturated heterocycles. The summed E-state index contributed by atoms with van der Waals surface area (Å²) in [4.78, 5) is 49.1. The van der Waals surface area contributed by atoms with Crippen molar-refractivity contribution in [1.29, 1.82) is 5.26 Å². The summed E-state index contributed by atoms with van der Waals surface area (Å²) in [6.07, 6.45) is -0.750. The summed E-state index contributed by atoms with van der Waals surface area (Å²) < 4.78 is 9.96. The minimum atomic E-state index is -1.95. The van der Waals surface area contributed by atoms with E-state index >= 15 is 0 Å². The molecule has 0 aromatic carbocycles. The molecule has 23 heavy (non-hydrogen) atoms. The summed E-state index contributed by atoms with van der Waals surface area (Å²) >= 11 is 0. The molecule has 0 heterocycles. The van der Waals surface area contributed by atoms with E-state index in [1.54, 1.807) is 13.8 Å². The second-order valence-electron chi connectivity index (χ2n) is 5.79. The molecule has 0 radical (unpaired) electrons. The minimum Gasteiger partial charge on any atom is -0.465 e. The van der Waals surface area contributed by atoms with E-state index in [9.17, 15) is 24.4 Å². The Bertz CT molecular complexity index is 558. The van der Waals surface area contributed by atoms with Gasteiger partial charge in [-0.25, -0.2) is 0 Å². The van der Waals surface area contributed by atoms with Gasteiger partial charge in [0.15, 0.2) is 11.2 Å². The molecule has 0 amide bonds. The van der Waals surface area contributed by atoms with Crippen molar-refractivity contribution < 1.29 is 28.7 Å². The lowest BCUT2D eigenvalue weighted by Crippen LogP contribution is -2.48. The smallest absolute Gasteiger partial charge is 0.324 e. The topological polar surface area (TPSA) is 111 Å². The van der Waals surface area contributed by atoms with E-state index in [2.05, 4.69) is 0 Å². The van der Waals surface area contributed by atoms with Gasteiger partial charge >= 0.3 is 11.9 Å². The number of carbonyl (C=O) groups is 4. The van der Waals surface area contributed by atoms with Crippen LogP contribution in [-0.4, -0.2) is 36.7 Å². The fourth-order valence-electron chi connectivity index (χ4n) is 3.09. The third-order valence-corrected chi connectivity index (χ3v) is 4.31. The van der Waals surface area contributed by atoms with E-state index in [1.807, 2.05) is 6.07 Å². The molecule has 7 heteroatoms. The summed E-state index contributed by atoms with van der Waals surface area (Å²) in [6.45, 7) is 5.77. The Hall–Kier alpha value is -2.23. The largest absolute Gasteiger partial charge is 0.465 e. The summed E-state index contributed by atoms with van der Waals surface area (Å²) in [5.41, 5.74) is -3.57. The van der Waals surface area contributed by atoms with Crippen LogP contribution in [0.3, 0.4) is 0 Å². The lowest BCUT2D eigenvalue weighted by atomic mass is 9.67. The molecule has 0 bridgehead atoms. The molecule has 1 rings (SSSR count). The Kier molecular flexibility index (Phi) is 5.65. The number of nitrogens with zero attached hydrogens (tertiary/aromatic N) is 1. The highest BCUT2D eigenvalue weighted by atomic mass is 16.6. The number of esters is 2. The van der Waals surface area contributed by atoms with Crippen molar-refractivity contribution in [3.63, 3.8) is 0 Å². The molecule has 1 aliphatic carbocycles. The average molecular weight is 323 g/mol. The van der Waals surface area contributed by atoms with Crippen LogP contribution in [0.15, 0.2) is 0 Å². The van der Waals surface area contributed by atoms with Crippen LogP contribution in [0.2, 0.25) is 0 Å². The first-order valence-electron chi connectivity index (χ1n) is 7.49. The van der Waals surface area contributed by atoms with Crippen molar-refractivity contribution >= 4 is 23.5 Å². The fourth-order valence-corrected chi connectivity index (χ4v) is 3.09. The van der Waals surface area contributed by atoms with Crippen molar-refractivity contribution in [1.82, 2.24) is 0 Å². The first kappa shape index (κ1) is 18.8. The van der Waals surface area contributed by atoms with Crippen LogP contribution in [0.25, 0.3) is 0 Å². The Morgan fingerprint density at radius 3 is 2.04 bits per heavy atom. The summed E-state index contributed by atoms with van der Waals surface area (Å²) in [5, 5.41) is 9.45. The number of hydrogen-bond acceptors (Lipinski definition) is 7. The van der Waals surface area contributed by atoms with Crippen LogP contribution >= 0.6 is 0 Å². The number of nitriles is 1. The zero-order valence-electron chi connectivity index (χ0n) is 13.8. The maximum atomic E-state index is 12.5.